The first-order valence-electron chi connectivity index (χ1n) is 7.82. The molecular weight excluding hydrogens is 337 g/mol. The summed E-state index contributed by atoms with van der Waals surface area (Å²) in [6.45, 7) is 1.81. The van der Waals surface area contributed by atoms with Crippen LogP contribution in [0.1, 0.15) is 25.3 Å². The Morgan fingerprint density at radius 1 is 1.32 bits per heavy atom. The van der Waals surface area contributed by atoms with Crippen molar-refractivity contribution in [1.29, 1.82) is 0 Å². The first kappa shape index (κ1) is 21.6. The molecule has 1 amide bonds. The van der Waals surface area contributed by atoms with Gasteiger partial charge in [0.2, 0.25) is 0 Å². The monoisotopic (exact) mass is 357 g/mol. The Labute approximate surface area is 168 Å². The van der Waals surface area contributed by atoms with Crippen LogP contribution >= 0.6 is 0 Å². The molecule has 0 aliphatic carbocycles. The molecule has 7 nitrogen and oxygen atoms in total. The minimum absolute atomic E-state index is 0. The molecule has 130 valence electrons. The van der Waals surface area contributed by atoms with Gasteiger partial charge >= 0.3 is 35.7 Å². The van der Waals surface area contributed by atoms with Gasteiger partial charge in [0.1, 0.15) is 12.6 Å². The molecule has 1 aliphatic heterocycles. The van der Waals surface area contributed by atoms with E-state index in [9.17, 15) is 24.6 Å². The summed E-state index contributed by atoms with van der Waals surface area (Å²) < 4.78 is 5.24. The van der Waals surface area contributed by atoms with Crippen molar-refractivity contribution >= 4 is 17.8 Å². The molecule has 0 aromatic heterocycles. The minimum atomic E-state index is -1.84. The predicted molar refractivity (Wildman–Crippen MR) is 81.5 cm³/mol. The summed E-state index contributed by atoms with van der Waals surface area (Å²) in [5.74, 6) is -4.16. The molecule has 0 radical (unpaired) electrons. The topological polar surface area (TPSA) is 107 Å². The summed E-state index contributed by atoms with van der Waals surface area (Å²) in [5, 5.41) is 20.9. The third kappa shape index (κ3) is 5.54. The maximum absolute atomic E-state index is 12.2. The predicted octanol–water partition coefficient (Wildman–Crippen LogP) is -2.89. The van der Waals surface area contributed by atoms with Crippen molar-refractivity contribution in [2.24, 2.45) is 5.92 Å². The number of ether oxygens (including phenoxy) is 1. The van der Waals surface area contributed by atoms with Gasteiger partial charge in [0.15, 0.2) is 5.78 Å². The van der Waals surface area contributed by atoms with Crippen LogP contribution in [0.15, 0.2) is 30.3 Å². The Morgan fingerprint density at radius 3 is 2.56 bits per heavy atom. The van der Waals surface area contributed by atoms with Crippen molar-refractivity contribution in [3.05, 3.63) is 35.9 Å². The number of hydrogen-bond donors (Lipinski definition) is 1. The summed E-state index contributed by atoms with van der Waals surface area (Å²) in [5.41, 5.74) is 0.836. The van der Waals surface area contributed by atoms with Gasteiger partial charge in [0.05, 0.1) is 12.1 Å². The second-order valence-electron chi connectivity index (χ2n) is 5.87. The van der Waals surface area contributed by atoms with E-state index in [4.69, 9.17) is 4.74 Å². The Bertz CT molecular complexity index is 608. The van der Waals surface area contributed by atoms with Crippen molar-refractivity contribution in [2.75, 3.05) is 6.54 Å². The summed E-state index contributed by atoms with van der Waals surface area (Å²) in [4.78, 5) is 35.7. The molecule has 8 heteroatoms. The van der Waals surface area contributed by atoms with Crippen molar-refractivity contribution in [3.63, 3.8) is 0 Å². The van der Waals surface area contributed by atoms with Gasteiger partial charge in [-0.15, -0.1) is 0 Å². The zero-order valence-electron chi connectivity index (χ0n) is 14.4. The van der Waals surface area contributed by atoms with Crippen LogP contribution < -0.4 is 34.7 Å². The maximum atomic E-state index is 12.2. The van der Waals surface area contributed by atoms with Crippen LogP contribution in [0.25, 0.3) is 0 Å². The van der Waals surface area contributed by atoms with E-state index in [0.717, 1.165) is 5.56 Å². The Morgan fingerprint density at radius 2 is 1.96 bits per heavy atom. The van der Waals surface area contributed by atoms with Crippen LogP contribution in [0.5, 0.6) is 0 Å². The largest absolute Gasteiger partial charge is 1.00 e. The molecular formula is C17H20NNaO6. The van der Waals surface area contributed by atoms with Gasteiger partial charge in [0, 0.05) is 12.5 Å². The maximum Gasteiger partial charge on any atom is 1.00 e. The third-order valence-electron chi connectivity index (χ3n) is 4.26. The molecule has 1 aliphatic rings. The summed E-state index contributed by atoms with van der Waals surface area (Å²) in [7, 11) is 0. The third-order valence-corrected chi connectivity index (χ3v) is 4.26. The van der Waals surface area contributed by atoms with E-state index >= 15 is 0 Å². The first-order chi connectivity index (χ1) is 11.4. The number of carbonyl (C=O) groups is 3. The van der Waals surface area contributed by atoms with Crippen LogP contribution in [-0.4, -0.2) is 46.5 Å². The SMILES string of the molecule is C[C@H](C(=O)C(=O)[O-])[C@H](O)[C@@H]1CCCN1C(=O)OCc1ccccc1.[Na+]. The van der Waals surface area contributed by atoms with Crippen LogP contribution in [0, 0.1) is 5.92 Å². The number of aliphatic hydroxyl groups is 1. The Balaban J connectivity index is 0.00000312. The van der Waals surface area contributed by atoms with E-state index in [0.29, 0.717) is 19.4 Å². The average molecular weight is 357 g/mol. The number of carboxylic acid groups (broad SMARTS) is 1. The fourth-order valence-electron chi connectivity index (χ4n) is 2.85. The van der Waals surface area contributed by atoms with Crippen LogP contribution in [0.4, 0.5) is 4.79 Å². The number of hydrogen-bond acceptors (Lipinski definition) is 6. The van der Waals surface area contributed by atoms with Gasteiger partial charge in [-0.05, 0) is 18.4 Å². The number of likely N-dealkylation sites (tertiary alicyclic amines) is 1. The number of ketones is 1. The average Bonchev–Trinajstić information content (AvgIpc) is 3.08. The zero-order chi connectivity index (χ0) is 17.7. The molecule has 1 fully saturated rings. The molecule has 1 aromatic carbocycles. The molecule has 1 N–H and O–H groups in total. The molecule has 0 bridgehead atoms. The molecule has 0 saturated carbocycles. The molecule has 1 heterocycles. The van der Waals surface area contributed by atoms with E-state index in [1.54, 1.807) is 0 Å². The molecule has 3 atom stereocenters. The summed E-state index contributed by atoms with van der Waals surface area (Å²) in [6.07, 6.45) is -0.739. The molecule has 1 saturated heterocycles. The smallest absolute Gasteiger partial charge is 0.542 e. The van der Waals surface area contributed by atoms with Gasteiger partial charge in [-0.3, -0.25) is 4.79 Å². The number of rotatable bonds is 6. The molecule has 25 heavy (non-hydrogen) atoms. The standard InChI is InChI=1S/C17H21NO6.Na/c1-11(15(20)16(21)22)14(19)13-8-5-9-18(13)17(23)24-10-12-6-3-2-4-7-12;/h2-4,6-7,11,13-14,19H,5,8-10H2,1H3,(H,21,22);/q;+1/p-1/t11-,13-,14-;/m0./s1. The quantitative estimate of drug-likeness (QED) is 0.433. The fraction of sp³-hybridized carbons (Fsp3) is 0.471. The number of benzene rings is 1. The van der Waals surface area contributed by atoms with Crippen molar-refractivity contribution < 1.29 is 58.9 Å². The minimum Gasteiger partial charge on any atom is -0.542 e. The van der Waals surface area contributed by atoms with Gasteiger partial charge in [-0.25, -0.2) is 4.79 Å². The van der Waals surface area contributed by atoms with Gasteiger partial charge in [-0.1, -0.05) is 37.3 Å². The second kappa shape index (κ2) is 9.91. The number of nitrogens with zero attached hydrogens (tertiary/aromatic N) is 1. The van der Waals surface area contributed by atoms with Crippen LogP contribution in [0.3, 0.4) is 0 Å². The van der Waals surface area contributed by atoms with Crippen molar-refractivity contribution in [2.45, 2.75) is 38.5 Å². The van der Waals surface area contributed by atoms with Gasteiger partial charge in [-0.2, -0.15) is 0 Å². The molecule has 1 aromatic rings. The molecule has 2 rings (SSSR count). The summed E-state index contributed by atoms with van der Waals surface area (Å²) in [6, 6.07) is 8.52. The number of Topliss-reactive ketones (excluding diaryl/α,β-unsaturated/α-hetero) is 1. The molecule has 0 unspecified atom stereocenters. The van der Waals surface area contributed by atoms with Crippen LogP contribution in [0.2, 0.25) is 0 Å². The normalized spacial score (nSPS) is 18.8. The van der Waals surface area contributed by atoms with Crippen LogP contribution in [-0.2, 0) is 20.9 Å². The Kier molecular flexibility index (Phi) is 8.58. The number of carbonyl (C=O) groups excluding carboxylic acids is 3. The van der Waals surface area contributed by atoms with E-state index in [2.05, 4.69) is 0 Å². The number of carboxylic acids is 1. The van der Waals surface area contributed by atoms with E-state index in [-0.39, 0.29) is 36.2 Å². The Hall–Kier alpha value is -1.41. The van der Waals surface area contributed by atoms with Gasteiger partial charge < -0.3 is 24.6 Å². The van der Waals surface area contributed by atoms with Crippen molar-refractivity contribution in [3.8, 4) is 0 Å². The van der Waals surface area contributed by atoms with E-state index in [1.165, 1.54) is 11.8 Å². The first-order valence-corrected chi connectivity index (χ1v) is 7.82. The second-order valence-corrected chi connectivity index (χ2v) is 5.87. The van der Waals surface area contributed by atoms with E-state index < -0.39 is 35.9 Å². The fourth-order valence-corrected chi connectivity index (χ4v) is 2.85. The number of amides is 1. The van der Waals surface area contributed by atoms with E-state index in [1.807, 2.05) is 30.3 Å². The van der Waals surface area contributed by atoms with Gasteiger partial charge in [0.25, 0.3) is 0 Å². The number of aliphatic carboxylic acids is 1. The number of aliphatic hydroxyl groups excluding tert-OH is 1. The summed E-state index contributed by atoms with van der Waals surface area (Å²) >= 11 is 0. The van der Waals surface area contributed by atoms with Crippen molar-refractivity contribution in [1.82, 2.24) is 4.90 Å². The molecule has 0 spiro atoms. The zero-order valence-corrected chi connectivity index (χ0v) is 16.4.